The van der Waals surface area contributed by atoms with E-state index in [9.17, 15) is 19.2 Å². The highest BCUT2D eigenvalue weighted by Crippen LogP contribution is 2.08. The Morgan fingerprint density at radius 1 is 1.20 bits per heavy atom. The Labute approximate surface area is 143 Å². The van der Waals surface area contributed by atoms with Gasteiger partial charge < -0.3 is 4.74 Å². The van der Waals surface area contributed by atoms with E-state index in [4.69, 9.17) is 4.74 Å². The van der Waals surface area contributed by atoms with Crippen LogP contribution in [0.3, 0.4) is 0 Å². The first-order valence-electron chi connectivity index (χ1n) is 7.54. The Morgan fingerprint density at radius 2 is 1.92 bits per heavy atom. The second-order valence-electron chi connectivity index (χ2n) is 5.30. The van der Waals surface area contributed by atoms with Crippen molar-refractivity contribution in [1.82, 2.24) is 20.4 Å². The summed E-state index contributed by atoms with van der Waals surface area (Å²) >= 11 is 0. The maximum absolute atomic E-state index is 12.3. The van der Waals surface area contributed by atoms with Crippen LogP contribution in [0, 0.1) is 0 Å². The highest BCUT2D eigenvalue weighted by atomic mass is 16.5. The molecular formula is C16H18N4O5. The van der Waals surface area contributed by atoms with E-state index >= 15 is 0 Å². The number of carbonyl (C=O) groups excluding carboxylic acids is 3. The zero-order chi connectivity index (χ0) is 18.4. The molecule has 2 aromatic rings. The van der Waals surface area contributed by atoms with Crippen LogP contribution >= 0.6 is 0 Å². The fraction of sp³-hybridized carbons (Fsp3) is 0.312. The van der Waals surface area contributed by atoms with Crippen molar-refractivity contribution in [3.8, 4) is 0 Å². The van der Waals surface area contributed by atoms with Crippen LogP contribution in [0.15, 0.2) is 29.1 Å². The number of benzene rings is 1. The molecule has 1 aromatic heterocycles. The summed E-state index contributed by atoms with van der Waals surface area (Å²) < 4.78 is 6.19. The number of hydrogen-bond donors (Lipinski definition) is 2. The third-order valence-corrected chi connectivity index (χ3v) is 3.37. The van der Waals surface area contributed by atoms with Crippen molar-refractivity contribution in [2.45, 2.75) is 19.8 Å². The molecule has 0 fully saturated rings. The molecule has 0 saturated carbocycles. The molecule has 0 spiro atoms. The summed E-state index contributed by atoms with van der Waals surface area (Å²) in [4.78, 5) is 50.3. The lowest BCUT2D eigenvalue weighted by Gasteiger charge is -2.09. The Morgan fingerprint density at radius 3 is 2.64 bits per heavy atom. The first-order valence-corrected chi connectivity index (χ1v) is 7.54. The Bertz CT molecular complexity index is 874. The number of hydrogen-bond acceptors (Lipinski definition) is 6. The van der Waals surface area contributed by atoms with Gasteiger partial charge in [-0.15, -0.1) is 0 Å². The first-order chi connectivity index (χ1) is 11.9. The number of rotatable bonds is 5. The average Bonchev–Trinajstić information content (AvgIpc) is 2.60. The molecule has 9 nitrogen and oxygen atoms in total. The maximum Gasteiger partial charge on any atom is 0.306 e. The average molecular weight is 346 g/mol. The number of ether oxygens (including phenoxy) is 1. The van der Waals surface area contributed by atoms with Gasteiger partial charge in [-0.25, -0.2) is 4.98 Å². The summed E-state index contributed by atoms with van der Waals surface area (Å²) in [5, 5.41) is 0.506. The molecule has 2 rings (SSSR count). The number of aromatic nitrogens is 2. The molecule has 132 valence electrons. The lowest BCUT2D eigenvalue weighted by atomic mass is 10.2. The molecule has 0 unspecified atom stereocenters. The minimum atomic E-state index is -0.653. The highest BCUT2D eigenvalue weighted by molar-refractivity contribution is 5.83. The number of fused-ring (bicyclic) bond motifs is 1. The van der Waals surface area contributed by atoms with Gasteiger partial charge in [-0.2, -0.15) is 0 Å². The van der Waals surface area contributed by atoms with Crippen molar-refractivity contribution in [1.29, 1.82) is 0 Å². The molecule has 1 aromatic carbocycles. The zero-order valence-corrected chi connectivity index (χ0v) is 13.9. The van der Waals surface area contributed by atoms with Crippen molar-refractivity contribution >= 4 is 28.7 Å². The smallest absolute Gasteiger partial charge is 0.306 e. The quantitative estimate of drug-likeness (QED) is 0.560. The minimum Gasteiger partial charge on any atom is -0.455 e. The topological polar surface area (TPSA) is 119 Å². The van der Waals surface area contributed by atoms with Gasteiger partial charge in [-0.05, 0) is 12.1 Å². The Hall–Kier alpha value is -3.23. The highest BCUT2D eigenvalue weighted by Gasteiger charge is 2.12. The number of hydrazine groups is 1. The molecule has 2 amide bonds. The summed E-state index contributed by atoms with van der Waals surface area (Å²) in [5.41, 5.74) is 4.52. The molecule has 0 bridgehead atoms. The van der Waals surface area contributed by atoms with E-state index in [0.29, 0.717) is 16.7 Å². The van der Waals surface area contributed by atoms with Gasteiger partial charge in [0.25, 0.3) is 11.5 Å². The van der Waals surface area contributed by atoms with E-state index in [1.807, 2.05) is 0 Å². The number of aryl methyl sites for hydroxylation is 1. The van der Waals surface area contributed by atoms with Crippen LogP contribution in [0.5, 0.6) is 0 Å². The summed E-state index contributed by atoms with van der Waals surface area (Å²) in [6.45, 7) is 0.719. The van der Waals surface area contributed by atoms with Crippen LogP contribution in [-0.4, -0.2) is 33.9 Å². The van der Waals surface area contributed by atoms with Crippen LogP contribution in [0.2, 0.25) is 0 Å². The lowest BCUT2D eigenvalue weighted by molar-refractivity contribution is -0.149. The number of nitrogens with zero attached hydrogens (tertiary/aromatic N) is 2. The van der Waals surface area contributed by atoms with Crippen LogP contribution in [-0.2, 0) is 32.6 Å². The minimum absolute atomic E-state index is 0.0357. The standard InChI is InChI=1S/C16H18N4O5/c1-10(21)18-19-14(22)9-25-15(23)8-7-13-17-12-6-4-3-5-11(12)16(24)20(13)2/h3-6H,7-9H2,1-2H3,(H,18,21)(H,19,22). The van der Waals surface area contributed by atoms with E-state index in [2.05, 4.69) is 15.8 Å². The normalized spacial score (nSPS) is 10.3. The predicted octanol–water partition coefficient (Wildman–Crippen LogP) is -0.423. The van der Waals surface area contributed by atoms with Gasteiger partial charge >= 0.3 is 5.97 Å². The van der Waals surface area contributed by atoms with E-state index < -0.39 is 24.4 Å². The number of carbonyl (C=O) groups is 3. The molecule has 0 aliphatic carbocycles. The van der Waals surface area contributed by atoms with E-state index in [-0.39, 0.29) is 18.4 Å². The number of nitrogens with one attached hydrogen (secondary N) is 2. The molecule has 9 heteroatoms. The largest absolute Gasteiger partial charge is 0.455 e. The maximum atomic E-state index is 12.3. The second kappa shape index (κ2) is 8.04. The third kappa shape index (κ3) is 4.87. The van der Waals surface area contributed by atoms with Crippen molar-refractivity contribution < 1.29 is 19.1 Å². The van der Waals surface area contributed by atoms with Gasteiger partial charge in [0.2, 0.25) is 5.91 Å². The molecule has 2 N–H and O–H groups in total. The van der Waals surface area contributed by atoms with Gasteiger partial charge in [0.15, 0.2) is 6.61 Å². The van der Waals surface area contributed by atoms with Gasteiger partial charge in [-0.3, -0.25) is 34.6 Å². The number of esters is 1. The van der Waals surface area contributed by atoms with Crippen molar-refractivity contribution in [2.24, 2.45) is 7.05 Å². The van der Waals surface area contributed by atoms with Crippen LogP contribution in [0.4, 0.5) is 0 Å². The molecular weight excluding hydrogens is 328 g/mol. The SMILES string of the molecule is CC(=O)NNC(=O)COC(=O)CCc1nc2ccccc2c(=O)n1C. The summed E-state index contributed by atoms with van der Waals surface area (Å²) in [6, 6.07) is 6.95. The van der Waals surface area contributed by atoms with Crippen molar-refractivity contribution in [2.75, 3.05) is 6.61 Å². The second-order valence-corrected chi connectivity index (χ2v) is 5.30. The zero-order valence-electron chi connectivity index (χ0n) is 13.9. The van der Waals surface area contributed by atoms with Gasteiger partial charge in [-0.1, -0.05) is 12.1 Å². The fourth-order valence-corrected chi connectivity index (χ4v) is 2.11. The molecule has 25 heavy (non-hydrogen) atoms. The summed E-state index contributed by atoms with van der Waals surface area (Å²) in [5.74, 6) is -1.26. The summed E-state index contributed by atoms with van der Waals surface area (Å²) in [7, 11) is 1.59. The lowest BCUT2D eigenvalue weighted by Crippen LogP contribution is -2.42. The van der Waals surface area contributed by atoms with Gasteiger partial charge in [0, 0.05) is 20.4 Å². The molecule has 0 aliphatic rings. The van der Waals surface area contributed by atoms with E-state index in [1.54, 1.807) is 31.3 Å². The molecule has 0 saturated heterocycles. The van der Waals surface area contributed by atoms with Crippen molar-refractivity contribution in [3.05, 3.63) is 40.4 Å². The molecule has 0 radical (unpaired) electrons. The third-order valence-electron chi connectivity index (χ3n) is 3.37. The van der Waals surface area contributed by atoms with Crippen LogP contribution in [0.1, 0.15) is 19.2 Å². The molecule has 1 heterocycles. The number of para-hydroxylation sites is 1. The van der Waals surface area contributed by atoms with E-state index in [0.717, 1.165) is 0 Å². The number of amides is 2. The molecule has 0 aliphatic heterocycles. The van der Waals surface area contributed by atoms with Crippen LogP contribution in [0.25, 0.3) is 10.9 Å². The van der Waals surface area contributed by atoms with Crippen LogP contribution < -0.4 is 16.4 Å². The van der Waals surface area contributed by atoms with Gasteiger partial charge in [0.1, 0.15) is 5.82 Å². The van der Waals surface area contributed by atoms with Crippen molar-refractivity contribution in [3.63, 3.8) is 0 Å². The first kappa shape index (κ1) is 18.1. The Balaban J connectivity index is 1.93. The monoisotopic (exact) mass is 346 g/mol. The Kier molecular flexibility index (Phi) is 5.83. The summed E-state index contributed by atoms with van der Waals surface area (Å²) in [6.07, 6.45) is 0.161. The van der Waals surface area contributed by atoms with E-state index in [1.165, 1.54) is 11.5 Å². The van der Waals surface area contributed by atoms with Gasteiger partial charge in [0.05, 0.1) is 17.3 Å². The fourth-order valence-electron chi connectivity index (χ4n) is 2.11. The predicted molar refractivity (Wildman–Crippen MR) is 88.2 cm³/mol. The molecule has 0 atom stereocenters.